The van der Waals surface area contributed by atoms with Gasteiger partial charge in [0.1, 0.15) is 22.5 Å². The summed E-state index contributed by atoms with van der Waals surface area (Å²) in [6.07, 6.45) is 7.50. The highest BCUT2D eigenvalue weighted by Gasteiger charge is 2.48. The van der Waals surface area contributed by atoms with Crippen molar-refractivity contribution in [2.75, 3.05) is 13.1 Å². The maximum Gasteiger partial charge on any atom is 0.408 e. The topological polar surface area (TPSA) is 134 Å². The predicted molar refractivity (Wildman–Crippen MR) is 158 cm³/mol. The molecule has 2 unspecified atom stereocenters. The van der Waals surface area contributed by atoms with Crippen molar-refractivity contribution in [1.82, 2.24) is 20.9 Å². The van der Waals surface area contributed by atoms with Crippen LogP contribution in [0.2, 0.25) is 0 Å². The Morgan fingerprint density at radius 1 is 1.00 bits per heavy atom. The van der Waals surface area contributed by atoms with Gasteiger partial charge < -0.3 is 25.6 Å². The number of alkyl halides is 2. The van der Waals surface area contributed by atoms with E-state index in [2.05, 4.69) is 29.1 Å². The quantitative estimate of drug-likeness (QED) is 0.164. The fourth-order valence-electron chi connectivity index (χ4n) is 5.35. The van der Waals surface area contributed by atoms with Gasteiger partial charge in [0.2, 0.25) is 17.6 Å². The Kier molecular flexibility index (Phi) is 13.6. The Labute approximate surface area is 253 Å². The molecule has 3 N–H and O–H groups in total. The van der Waals surface area contributed by atoms with Crippen LogP contribution in [0, 0.1) is 11.8 Å². The maximum absolute atomic E-state index is 14.1. The lowest BCUT2D eigenvalue weighted by atomic mass is 9.83. The van der Waals surface area contributed by atoms with Crippen molar-refractivity contribution >= 4 is 52.8 Å². The van der Waals surface area contributed by atoms with E-state index in [1.807, 2.05) is 0 Å². The van der Waals surface area contributed by atoms with Gasteiger partial charge in [0.25, 0.3) is 5.91 Å². The first-order valence-electron chi connectivity index (χ1n) is 14.2. The van der Waals surface area contributed by atoms with Crippen LogP contribution in [0.4, 0.5) is 4.79 Å². The molecule has 0 bridgehead atoms. The lowest BCUT2D eigenvalue weighted by Gasteiger charge is -2.36. The van der Waals surface area contributed by atoms with Gasteiger partial charge in [-0.1, -0.05) is 31.4 Å². The van der Waals surface area contributed by atoms with Gasteiger partial charge in [0.05, 0.1) is 6.04 Å². The zero-order chi connectivity index (χ0) is 30.7. The van der Waals surface area contributed by atoms with E-state index >= 15 is 0 Å². The molecule has 2 rings (SSSR count). The van der Waals surface area contributed by atoms with E-state index in [0.717, 1.165) is 32.1 Å². The second-order valence-corrected chi connectivity index (χ2v) is 12.7. The van der Waals surface area contributed by atoms with E-state index in [0.29, 0.717) is 12.8 Å². The van der Waals surface area contributed by atoms with Gasteiger partial charge in [0.15, 0.2) is 0 Å². The first-order valence-corrected chi connectivity index (χ1v) is 15.1. The summed E-state index contributed by atoms with van der Waals surface area (Å²) in [5.74, 6) is -3.52. The molecule has 1 saturated heterocycles. The van der Waals surface area contributed by atoms with Crippen molar-refractivity contribution in [3.05, 3.63) is 25.3 Å². The molecule has 4 amide bonds. The summed E-state index contributed by atoms with van der Waals surface area (Å²) in [6, 6.07) is -3.17. The van der Waals surface area contributed by atoms with Crippen molar-refractivity contribution in [1.29, 1.82) is 0 Å². The van der Waals surface area contributed by atoms with E-state index in [4.69, 9.17) is 27.9 Å². The van der Waals surface area contributed by atoms with Crippen LogP contribution in [0.3, 0.4) is 0 Å². The molecular formula is C29H44Cl2N4O6. The van der Waals surface area contributed by atoms with Gasteiger partial charge in [-0.15, -0.1) is 36.4 Å². The number of halogens is 2. The second-order valence-electron chi connectivity index (χ2n) is 11.6. The average molecular weight is 616 g/mol. The normalized spacial score (nSPS) is 21.0. The SMILES string of the molecule is C=CCCC(NC(=O)[C@@H]1C(C(Cl)Cl)CCN1C(=O)[C@@H](NC(=O)OC(C)(C)C)C1CCCCC1)C(=O)C(=O)NCC=C. The Balaban J connectivity index is 2.34. The summed E-state index contributed by atoms with van der Waals surface area (Å²) in [6.45, 7) is 12.6. The molecule has 0 aromatic carbocycles. The van der Waals surface area contributed by atoms with Gasteiger partial charge in [-0.3, -0.25) is 19.2 Å². The third-order valence-electron chi connectivity index (χ3n) is 7.30. The molecule has 2 fully saturated rings. The minimum atomic E-state index is -1.15. The zero-order valence-electron chi connectivity index (χ0n) is 24.3. The lowest BCUT2D eigenvalue weighted by Crippen LogP contribution is -2.59. The average Bonchev–Trinajstić information content (AvgIpc) is 3.37. The molecule has 1 aliphatic carbocycles. The molecule has 0 spiro atoms. The van der Waals surface area contributed by atoms with Crippen molar-refractivity contribution < 1.29 is 28.7 Å². The number of ether oxygens (including phenoxy) is 1. The van der Waals surface area contributed by atoms with Gasteiger partial charge >= 0.3 is 6.09 Å². The number of hydrogen-bond donors (Lipinski definition) is 3. The molecular weight excluding hydrogens is 571 g/mol. The minimum absolute atomic E-state index is 0.0903. The third kappa shape index (κ3) is 10.3. The van der Waals surface area contributed by atoms with E-state index in [9.17, 15) is 24.0 Å². The molecule has 12 heteroatoms. The number of nitrogens with zero attached hydrogens (tertiary/aromatic N) is 1. The number of likely N-dealkylation sites (tertiary alicyclic amines) is 1. The highest BCUT2D eigenvalue weighted by Crippen LogP contribution is 2.35. The van der Waals surface area contributed by atoms with Crippen LogP contribution in [0.5, 0.6) is 0 Å². The molecule has 0 aromatic rings. The monoisotopic (exact) mass is 614 g/mol. The highest BCUT2D eigenvalue weighted by atomic mass is 35.5. The summed E-state index contributed by atoms with van der Waals surface area (Å²) in [4.78, 5) is 66.3. The number of ketones is 1. The molecule has 4 atom stereocenters. The van der Waals surface area contributed by atoms with Crippen LogP contribution < -0.4 is 16.0 Å². The number of hydrogen-bond acceptors (Lipinski definition) is 6. The number of carbonyl (C=O) groups excluding carboxylic acids is 5. The van der Waals surface area contributed by atoms with E-state index in [1.165, 1.54) is 11.0 Å². The van der Waals surface area contributed by atoms with Crippen molar-refractivity contribution in [3.8, 4) is 0 Å². The van der Waals surface area contributed by atoms with Crippen LogP contribution in [-0.4, -0.2) is 76.2 Å². The number of alkyl carbamates (subject to hydrolysis) is 1. The number of rotatable bonds is 13. The molecule has 0 radical (unpaired) electrons. The summed E-state index contributed by atoms with van der Waals surface area (Å²) in [7, 11) is 0. The molecule has 1 saturated carbocycles. The first-order chi connectivity index (χ1) is 19.3. The van der Waals surface area contributed by atoms with E-state index < -0.39 is 64.1 Å². The van der Waals surface area contributed by atoms with Gasteiger partial charge in [0, 0.05) is 19.0 Å². The molecule has 0 aromatic heterocycles. The van der Waals surface area contributed by atoms with Crippen LogP contribution >= 0.6 is 23.2 Å². The Hall–Kier alpha value is -2.59. The van der Waals surface area contributed by atoms with Crippen LogP contribution in [-0.2, 0) is 23.9 Å². The minimum Gasteiger partial charge on any atom is -0.444 e. The number of nitrogens with one attached hydrogen (secondary N) is 3. The van der Waals surface area contributed by atoms with Crippen LogP contribution in [0.15, 0.2) is 25.3 Å². The zero-order valence-corrected chi connectivity index (χ0v) is 25.8. The number of allylic oxidation sites excluding steroid dienone is 1. The van der Waals surface area contributed by atoms with Crippen LogP contribution in [0.1, 0.15) is 72.1 Å². The summed E-state index contributed by atoms with van der Waals surface area (Å²) < 4.78 is 5.44. The fourth-order valence-corrected chi connectivity index (χ4v) is 5.87. The number of carbonyl (C=O) groups is 5. The Morgan fingerprint density at radius 3 is 2.22 bits per heavy atom. The molecule has 41 heavy (non-hydrogen) atoms. The summed E-state index contributed by atoms with van der Waals surface area (Å²) >= 11 is 12.5. The summed E-state index contributed by atoms with van der Waals surface area (Å²) in [5.41, 5.74) is -0.763. The van der Waals surface area contributed by atoms with Crippen LogP contribution in [0.25, 0.3) is 0 Å². The molecule has 230 valence electrons. The fraction of sp³-hybridized carbons (Fsp3) is 0.690. The van der Waals surface area contributed by atoms with Crippen molar-refractivity contribution in [2.45, 2.75) is 101 Å². The Morgan fingerprint density at radius 2 is 1.66 bits per heavy atom. The standard InChI is InChI=1S/C29H44Cl2N4O6/c1-6-8-14-20(23(36)26(38)32-16-7-2)33-25(37)22-19(24(30)31)15-17-35(22)27(39)21(18-12-10-9-11-13-18)34-28(40)41-29(3,4)5/h6-7,18-22,24H,1-2,8-17H2,3-5H3,(H,32,38)(H,33,37)(H,34,40)/t19?,20?,21-,22-/m0/s1. The largest absolute Gasteiger partial charge is 0.444 e. The first kappa shape index (κ1) is 34.6. The van der Waals surface area contributed by atoms with E-state index in [-0.39, 0.29) is 25.4 Å². The third-order valence-corrected chi connectivity index (χ3v) is 7.95. The Bertz CT molecular complexity index is 977. The van der Waals surface area contributed by atoms with Gasteiger partial charge in [-0.05, 0) is 58.8 Å². The molecule has 2 aliphatic rings. The molecule has 10 nitrogen and oxygen atoms in total. The van der Waals surface area contributed by atoms with Gasteiger partial charge in [-0.25, -0.2) is 4.79 Å². The smallest absolute Gasteiger partial charge is 0.408 e. The number of amides is 4. The summed E-state index contributed by atoms with van der Waals surface area (Å²) in [5, 5.41) is 7.86. The maximum atomic E-state index is 14.1. The predicted octanol–water partition coefficient (Wildman–Crippen LogP) is 3.80. The van der Waals surface area contributed by atoms with Crippen molar-refractivity contribution in [3.63, 3.8) is 0 Å². The second kappa shape index (κ2) is 16.2. The van der Waals surface area contributed by atoms with Gasteiger partial charge in [-0.2, -0.15) is 0 Å². The molecule has 1 heterocycles. The number of Topliss-reactive ketones (excluding diaryl/α,β-unsaturated/α-hetero) is 1. The van der Waals surface area contributed by atoms with Crippen molar-refractivity contribution in [2.24, 2.45) is 11.8 Å². The highest BCUT2D eigenvalue weighted by molar-refractivity contribution is 6.44. The van der Waals surface area contributed by atoms with E-state index in [1.54, 1.807) is 26.8 Å². The lowest BCUT2D eigenvalue weighted by molar-refractivity contribution is -0.144. The molecule has 1 aliphatic heterocycles.